The molecule has 1 aliphatic rings. The van der Waals surface area contributed by atoms with E-state index in [9.17, 15) is 0 Å². The number of methoxy groups -OCH3 is 2. The second-order valence-electron chi connectivity index (χ2n) is 5.05. The molecule has 0 amide bonds. The van der Waals surface area contributed by atoms with Crippen LogP contribution in [0.3, 0.4) is 0 Å². The van der Waals surface area contributed by atoms with Crippen LogP contribution in [0.15, 0.2) is 59.7 Å². The summed E-state index contributed by atoms with van der Waals surface area (Å²) in [7, 11) is 3.24. The van der Waals surface area contributed by atoms with Gasteiger partial charge in [-0.05, 0) is 34.9 Å². The Hall–Kier alpha value is -2.46. The number of nitrogens with one attached hydrogen (secondary N) is 1. The monoisotopic (exact) mass is 328 g/mol. The van der Waals surface area contributed by atoms with E-state index < -0.39 is 0 Å². The van der Waals surface area contributed by atoms with E-state index in [2.05, 4.69) is 10.3 Å². The Morgan fingerprint density at radius 3 is 2.43 bits per heavy atom. The van der Waals surface area contributed by atoms with Crippen molar-refractivity contribution in [1.82, 2.24) is 5.32 Å². The minimum Gasteiger partial charge on any atom is -0.493 e. The van der Waals surface area contributed by atoms with Gasteiger partial charge in [-0.1, -0.05) is 36.4 Å². The molecule has 0 saturated heterocycles. The molecule has 0 aromatic heterocycles. The molecule has 0 radical (unpaired) electrons. The van der Waals surface area contributed by atoms with Gasteiger partial charge in [0.15, 0.2) is 16.8 Å². The fourth-order valence-electron chi connectivity index (χ4n) is 2.58. The van der Waals surface area contributed by atoms with Crippen molar-refractivity contribution in [3.8, 4) is 11.5 Å². The lowest BCUT2D eigenvalue weighted by Crippen LogP contribution is -2.19. The standard InChI is InChI=1S/C18H17ClN2O2/c1-22-15-9-8-13(10-16(15)23-2)14-11-20-18(19)21-17(14)12-6-4-3-5-7-12/h3-11,17H,1-2H3,(H,20,21). The molecule has 5 heteroatoms. The van der Waals surface area contributed by atoms with Crippen LogP contribution < -0.4 is 14.8 Å². The van der Waals surface area contributed by atoms with Gasteiger partial charge in [-0.3, -0.25) is 0 Å². The first-order valence-electron chi connectivity index (χ1n) is 7.20. The van der Waals surface area contributed by atoms with Gasteiger partial charge in [-0.15, -0.1) is 0 Å². The van der Waals surface area contributed by atoms with E-state index in [-0.39, 0.29) is 6.04 Å². The fraction of sp³-hybridized carbons (Fsp3) is 0.167. The van der Waals surface area contributed by atoms with E-state index in [1.54, 1.807) is 14.2 Å². The van der Waals surface area contributed by atoms with Crippen LogP contribution in [-0.2, 0) is 0 Å². The average Bonchev–Trinajstić information content (AvgIpc) is 2.61. The first-order chi connectivity index (χ1) is 11.2. The van der Waals surface area contributed by atoms with Gasteiger partial charge in [0.2, 0.25) is 0 Å². The summed E-state index contributed by atoms with van der Waals surface area (Å²) in [6.45, 7) is 0. The molecule has 0 aliphatic carbocycles. The van der Waals surface area contributed by atoms with E-state index in [4.69, 9.17) is 21.1 Å². The second-order valence-corrected chi connectivity index (χ2v) is 5.40. The molecule has 0 saturated carbocycles. The zero-order valence-electron chi connectivity index (χ0n) is 12.9. The SMILES string of the molecule is COc1ccc(C2=CNC(Cl)=NC2c2ccccc2)cc1OC. The van der Waals surface area contributed by atoms with Crippen molar-refractivity contribution in [3.05, 3.63) is 65.9 Å². The van der Waals surface area contributed by atoms with E-state index in [1.165, 1.54) is 0 Å². The van der Waals surface area contributed by atoms with Gasteiger partial charge in [0, 0.05) is 11.8 Å². The summed E-state index contributed by atoms with van der Waals surface area (Å²) in [5.41, 5.74) is 3.09. The maximum atomic E-state index is 6.07. The van der Waals surface area contributed by atoms with Crippen LogP contribution in [0.2, 0.25) is 0 Å². The van der Waals surface area contributed by atoms with Crippen LogP contribution >= 0.6 is 11.6 Å². The van der Waals surface area contributed by atoms with Gasteiger partial charge in [0.05, 0.1) is 14.2 Å². The number of rotatable bonds is 4. The predicted molar refractivity (Wildman–Crippen MR) is 93.1 cm³/mol. The van der Waals surface area contributed by atoms with Gasteiger partial charge in [-0.2, -0.15) is 0 Å². The Bertz CT molecular complexity index is 757. The zero-order valence-corrected chi connectivity index (χ0v) is 13.7. The van der Waals surface area contributed by atoms with Gasteiger partial charge in [-0.25, -0.2) is 4.99 Å². The Morgan fingerprint density at radius 2 is 1.74 bits per heavy atom. The molecule has 2 aromatic rings. The predicted octanol–water partition coefficient (Wildman–Crippen LogP) is 3.98. The molecular formula is C18H17ClN2O2. The maximum absolute atomic E-state index is 6.07. The van der Waals surface area contributed by atoms with Crippen molar-refractivity contribution in [2.75, 3.05) is 14.2 Å². The largest absolute Gasteiger partial charge is 0.493 e. The normalized spacial score (nSPS) is 16.9. The van der Waals surface area contributed by atoms with Crippen molar-refractivity contribution in [2.45, 2.75) is 6.04 Å². The molecule has 3 rings (SSSR count). The number of aliphatic imine (C=N–C) groups is 1. The van der Waals surface area contributed by atoms with Crippen molar-refractivity contribution < 1.29 is 9.47 Å². The number of halogens is 1. The smallest absolute Gasteiger partial charge is 0.196 e. The number of nitrogens with zero attached hydrogens (tertiary/aromatic N) is 1. The van der Waals surface area contributed by atoms with Crippen molar-refractivity contribution in [3.63, 3.8) is 0 Å². The molecule has 4 nitrogen and oxygen atoms in total. The summed E-state index contributed by atoms with van der Waals surface area (Å²) in [5.74, 6) is 1.37. The third-order valence-corrected chi connectivity index (χ3v) is 3.92. The van der Waals surface area contributed by atoms with Gasteiger partial charge in [0.25, 0.3) is 0 Å². The highest BCUT2D eigenvalue weighted by Gasteiger charge is 2.22. The highest BCUT2D eigenvalue weighted by Crippen LogP contribution is 2.38. The van der Waals surface area contributed by atoms with Crippen LogP contribution in [0.5, 0.6) is 11.5 Å². The molecule has 2 aromatic carbocycles. The lowest BCUT2D eigenvalue weighted by molar-refractivity contribution is 0.355. The van der Waals surface area contributed by atoms with Gasteiger partial charge < -0.3 is 14.8 Å². The molecule has 1 heterocycles. The molecule has 118 valence electrons. The Morgan fingerprint density at radius 1 is 1.00 bits per heavy atom. The Labute approximate surface area is 140 Å². The Balaban J connectivity index is 2.03. The zero-order chi connectivity index (χ0) is 16.2. The number of hydrogen-bond acceptors (Lipinski definition) is 4. The summed E-state index contributed by atoms with van der Waals surface area (Å²) in [4.78, 5) is 4.54. The van der Waals surface area contributed by atoms with Crippen LogP contribution in [0.4, 0.5) is 0 Å². The molecule has 23 heavy (non-hydrogen) atoms. The number of ether oxygens (including phenoxy) is 2. The number of benzene rings is 2. The minimum atomic E-state index is -0.164. The van der Waals surface area contributed by atoms with Gasteiger partial charge >= 0.3 is 0 Å². The average molecular weight is 329 g/mol. The van der Waals surface area contributed by atoms with Crippen LogP contribution in [0.25, 0.3) is 5.57 Å². The van der Waals surface area contributed by atoms with Crippen molar-refractivity contribution in [1.29, 1.82) is 0 Å². The summed E-state index contributed by atoms with van der Waals surface area (Å²) >= 11 is 6.07. The highest BCUT2D eigenvalue weighted by atomic mass is 35.5. The summed E-state index contributed by atoms with van der Waals surface area (Å²) < 4.78 is 10.7. The number of hydrogen-bond donors (Lipinski definition) is 1. The maximum Gasteiger partial charge on any atom is 0.196 e. The molecule has 1 aliphatic heterocycles. The second kappa shape index (κ2) is 6.75. The first-order valence-corrected chi connectivity index (χ1v) is 7.58. The van der Waals surface area contributed by atoms with Gasteiger partial charge in [0.1, 0.15) is 6.04 Å². The van der Waals surface area contributed by atoms with E-state index >= 15 is 0 Å². The number of amidine groups is 1. The molecule has 1 atom stereocenters. The van der Waals surface area contributed by atoms with E-state index in [1.807, 2.05) is 54.7 Å². The summed E-state index contributed by atoms with van der Waals surface area (Å²) in [6, 6.07) is 15.7. The third kappa shape index (κ3) is 3.17. The Kier molecular flexibility index (Phi) is 4.53. The molecule has 1 N–H and O–H groups in total. The van der Waals surface area contributed by atoms with E-state index in [0.717, 1.165) is 16.7 Å². The lowest BCUT2D eigenvalue weighted by Gasteiger charge is -2.22. The molecule has 0 fully saturated rings. The summed E-state index contributed by atoms with van der Waals surface area (Å²) in [6.07, 6.45) is 1.88. The van der Waals surface area contributed by atoms with Crippen LogP contribution in [0, 0.1) is 0 Å². The van der Waals surface area contributed by atoms with E-state index in [0.29, 0.717) is 16.8 Å². The molecular weight excluding hydrogens is 312 g/mol. The third-order valence-electron chi connectivity index (χ3n) is 3.72. The summed E-state index contributed by atoms with van der Waals surface area (Å²) in [5, 5.41) is 3.36. The minimum absolute atomic E-state index is 0.164. The van der Waals surface area contributed by atoms with Crippen molar-refractivity contribution in [2.24, 2.45) is 4.99 Å². The molecule has 0 spiro atoms. The molecule has 0 bridgehead atoms. The van der Waals surface area contributed by atoms with Crippen molar-refractivity contribution >= 4 is 22.5 Å². The topological polar surface area (TPSA) is 42.8 Å². The first kappa shape index (κ1) is 15.4. The van der Waals surface area contributed by atoms with Crippen LogP contribution in [-0.4, -0.2) is 19.5 Å². The fourth-order valence-corrected chi connectivity index (χ4v) is 2.73. The highest BCUT2D eigenvalue weighted by molar-refractivity contribution is 6.65. The van der Waals surface area contributed by atoms with Crippen LogP contribution in [0.1, 0.15) is 17.2 Å². The lowest BCUT2D eigenvalue weighted by atomic mass is 9.93. The molecule has 1 unspecified atom stereocenters. The quantitative estimate of drug-likeness (QED) is 0.863.